The zero-order chi connectivity index (χ0) is 42.5. The molecule has 61 heavy (non-hydrogen) atoms. The fourth-order valence-corrected chi connectivity index (χ4v) is 5.84. The molecule has 0 aliphatic rings. The van der Waals surface area contributed by atoms with E-state index in [1.54, 1.807) is 24.8 Å². The molecule has 0 spiro atoms. The Morgan fingerprint density at radius 2 is 0.689 bits per heavy atom. The van der Waals surface area contributed by atoms with Crippen molar-refractivity contribution in [2.75, 3.05) is 39.4 Å². The van der Waals surface area contributed by atoms with E-state index >= 15 is 0 Å². The van der Waals surface area contributed by atoms with Crippen molar-refractivity contribution in [1.82, 2.24) is 51.2 Å². The largest absolute Gasteiger partial charge is 0.493 e. The fourth-order valence-electron chi connectivity index (χ4n) is 5.84. The summed E-state index contributed by atoms with van der Waals surface area (Å²) < 4.78 is 12.0. The highest BCUT2D eigenvalue weighted by Gasteiger charge is 2.18. The number of ether oxygens (including phenoxy) is 2. The van der Waals surface area contributed by atoms with Crippen molar-refractivity contribution < 1.29 is 28.7 Å². The van der Waals surface area contributed by atoms with Gasteiger partial charge < -0.3 is 30.7 Å². The Morgan fingerprint density at radius 3 is 0.934 bits per heavy atom. The number of aromatic nitrogens is 6. The average Bonchev–Trinajstić information content (AvgIpc) is 3.30. The fraction of sp³-hybridized carbons (Fsp3) is 0.244. The van der Waals surface area contributed by atoms with Crippen LogP contribution in [-0.2, 0) is 25.7 Å². The molecule has 0 aromatic carbocycles. The van der Waals surface area contributed by atoms with Gasteiger partial charge >= 0.3 is 0 Å². The van der Waals surface area contributed by atoms with Crippen LogP contribution in [-0.4, -0.2) is 92.9 Å². The topological polar surface area (TPSA) is 212 Å². The van der Waals surface area contributed by atoms with Gasteiger partial charge in [0.2, 0.25) is 0 Å². The van der Waals surface area contributed by atoms with Gasteiger partial charge in [0.15, 0.2) is 0 Å². The standard InChI is InChI=1S/C45H46N10O6/c56-42(50-22-14-32-10-1-5-18-46-32)38-28-36(29-39(54-38)43(57)51-23-15-33-11-2-6-19-47-33)60-26-9-27-61-37-30-40(44(58)52-24-16-34-12-3-7-20-48-34)55-41(31-37)45(59)53-25-17-35-13-4-8-21-49-35/h1-8,10-13,18-21,28-31H,9,14-17,22-27H2,(H,50,56)(H,51,57)(H,52,58)(H,53,59). The molecule has 6 heterocycles. The predicted molar refractivity (Wildman–Crippen MR) is 225 cm³/mol. The number of carbonyl (C=O) groups is 4. The van der Waals surface area contributed by atoms with Gasteiger partial charge in [-0.2, -0.15) is 0 Å². The second kappa shape index (κ2) is 23.1. The first-order valence-electron chi connectivity index (χ1n) is 19.9. The monoisotopic (exact) mass is 822 g/mol. The molecular formula is C45H46N10O6. The molecular weight excluding hydrogens is 777 g/mol. The van der Waals surface area contributed by atoms with Gasteiger partial charge in [-0.15, -0.1) is 0 Å². The summed E-state index contributed by atoms with van der Waals surface area (Å²) in [5.74, 6) is -1.37. The molecule has 16 nitrogen and oxygen atoms in total. The van der Waals surface area contributed by atoms with E-state index in [2.05, 4.69) is 51.2 Å². The molecule has 0 saturated heterocycles. The van der Waals surface area contributed by atoms with Crippen LogP contribution in [0.1, 0.15) is 71.2 Å². The SMILES string of the molecule is O=C(NCCc1ccccn1)c1cc(OCCCOc2cc(C(=O)NCCc3ccccn3)nc(C(=O)NCCc3ccccn3)c2)cc(C(=O)NCCc2ccccn2)n1. The summed E-state index contributed by atoms with van der Waals surface area (Å²) in [5.41, 5.74) is 3.33. The zero-order valence-electron chi connectivity index (χ0n) is 33.5. The van der Waals surface area contributed by atoms with E-state index < -0.39 is 23.6 Å². The lowest BCUT2D eigenvalue weighted by Gasteiger charge is -2.13. The first-order chi connectivity index (χ1) is 29.9. The Kier molecular flexibility index (Phi) is 16.3. The third-order valence-electron chi connectivity index (χ3n) is 8.93. The lowest BCUT2D eigenvalue weighted by molar-refractivity contribution is 0.0928. The van der Waals surface area contributed by atoms with Crippen LogP contribution in [0.25, 0.3) is 0 Å². The Labute approximate surface area is 353 Å². The van der Waals surface area contributed by atoms with Crippen LogP contribution in [0.5, 0.6) is 11.5 Å². The van der Waals surface area contributed by atoms with Crippen molar-refractivity contribution in [1.29, 1.82) is 0 Å². The average molecular weight is 823 g/mol. The molecule has 0 unspecified atom stereocenters. The molecule has 4 amide bonds. The van der Waals surface area contributed by atoms with Gasteiger partial charge in [-0.05, 0) is 48.5 Å². The van der Waals surface area contributed by atoms with Gasteiger partial charge in [0, 0.05) is 130 Å². The predicted octanol–water partition coefficient (Wildman–Crippen LogP) is 3.79. The van der Waals surface area contributed by atoms with Crippen LogP contribution >= 0.6 is 0 Å². The van der Waals surface area contributed by atoms with Crippen LogP contribution in [0.4, 0.5) is 0 Å². The van der Waals surface area contributed by atoms with Gasteiger partial charge in [0.05, 0.1) is 13.2 Å². The molecule has 4 N–H and O–H groups in total. The van der Waals surface area contributed by atoms with Crippen LogP contribution in [0.15, 0.2) is 122 Å². The van der Waals surface area contributed by atoms with E-state index in [1.165, 1.54) is 24.3 Å². The van der Waals surface area contributed by atoms with Crippen LogP contribution in [0.3, 0.4) is 0 Å². The van der Waals surface area contributed by atoms with Crippen molar-refractivity contribution in [3.05, 3.63) is 167 Å². The summed E-state index contributed by atoms with van der Waals surface area (Å²) in [7, 11) is 0. The first-order valence-corrected chi connectivity index (χ1v) is 19.9. The molecule has 0 radical (unpaired) electrons. The summed E-state index contributed by atoms with van der Waals surface area (Å²) in [4.78, 5) is 78.7. The molecule has 6 aromatic rings. The van der Waals surface area contributed by atoms with E-state index in [0.29, 0.717) is 58.3 Å². The van der Waals surface area contributed by atoms with Crippen molar-refractivity contribution in [2.45, 2.75) is 32.1 Å². The molecule has 6 aromatic heterocycles. The van der Waals surface area contributed by atoms with Crippen LogP contribution in [0.2, 0.25) is 0 Å². The molecule has 0 aliphatic carbocycles. The van der Waals surface area contributed by atoms with Crippen molar-refractivity contribution in [3.63, 3.8) is 0 Å². The highest BCUT2D eigenvalue weighted by atomic mass is 16.5. The lowest BCUT2D eigenvalue weighted by Crippen LogP contribution is -2.30. The van der Waals surface area contributed by atoms with Crippen LogP contribution < -0.4 is 30.7 Å². The Bertz CT molecular complexity index is 2020. The number of carbonyl (C=O) groups excluding carboxylic acids is 4. The minimum Gasteiger partial charge on any atom is -0.493 e. The van der Waals surface area contributed by atoms with Gasteiger partial charge in [-0.1, -0.05) is 24.3 Å². The quantitative estimate of drug-likeness (QED) is 0.0721. The molecule has 312 valence electrons. The summed E-state index contributed by atoms with van der Waals surface area (Å²) >= 11 is 0. The molecule has 16 heteroatoms. The number of nitrogens with one attached hydrogen (secondary N) is 4. The Hall–Kier alpha value is -7.62. The smallest absolute Gasteiger partial charge is 0.270 e. The third-order valence-corrected chi connectivity index (χ3v) is 8.93. The van der Waals surface area contributed by atoms with Gasteiger partial charge in [0.1, 0.15) is 34.3 Å². The molecule has 0 aliphatic heterocycles. The number of hydrogen-bond acceptors (Lipinski definition) is 12. The van der Waals surface area contributed by atoms with Crippen molar-refractivity contribution in [3.8, 4) is 11.5 Å². The first kappa shape index (κ1) is 43.0. The normalized spacial score (nSPS) is 10.6. The number of rotatable bonds is 22. The second-order valence-corrected chi connectivity index (χ2v) is 13.5. The van der Waals surface area contributed by atoms with E-state index in [9.17, 15) is 19.2 Å². The Balaban J connectivity index is 1.07. The minimum absolute atomic E-state index is 0.0121. The van der Waals surface area contributed by atoms with Gasteiger partial charge in [-0.25, -0.2) is 9.97 Å². The number of nitrogens with zero attached hydrogens (tertiary/aromatic N) is 6. The maximum Gasteiger partial charge on any atom is 0.270 e. The highest BCUT2D eigenvalue weighted by Crippen LogP contribution is 2.18. The van der Waals surface area contributed by atoms with E-state index in [1.807, 2.05) is 72.8 Å². The lowest BCUT2D eigenvalue weighted by atomic mass is 10.2. The second-order valence-electron chi connectivity index (χ2n) is 13.5. The van der Waals surface area contributed by atoms with Gasteiger partial charge in [0.25, 0.3) is 23.6 Å². The molecule has 0 atom stereocenters. The summed E-state index contributed by atoms with van der Waals surface area (Å²) in [6.45, 7) is 1.51. The number of hydrogen-bond donors (Lipinski definition) is 4. The minimum atomic E-state index is -0.474. The Morgan fingerprint density at radius 1 is 0.410 bits per heavy atom. The number of amides is 4. The molecule has 0 fully saturated rings. The molecule has 0 bridgehead atoms. The van der Waals surface area contributed by atoms with E-state index in [0.717, 1.165) is 22.8 Å². The maximum atomic E-state index is 13.2. The summed E-state index contributed by atoms with van der Waals surface area (Å²) in [6.07, 6.45) is 9.15. The number of pyridine rings is 6. The molecule has 0 saturated carbocycles. The van der Waals surface area contributed by atoms with Gasteiger partial charge in [-0.3, -0.25) is 39.1 Å². The van der Waals surface area contributed by atoms with E-state index in [4.69, 9.17) is 9.47 Å². The maximum absolute atomic E-state index is 13.2. The summed E-state index contributed by atoms with van der Waals surface area (Å²) in [6, 6.07) is 28.2. The summed E-state index contributed by atoms with van der Waals surface area (Å²) in [5, 5.41) is 11.4. The van der Waals surface area contributed by atoms with Crippen molar-refractivity contribution >= 4 is 23.6 Å². The van der Waals surface area contributed by atoms with E-state index in [-0.39, 0.29) is 47.5 Å². The van der Waals surface area contributed by atoms with Crippen molar-refractivity contribution in [2.24, 2.45) is 0 Å². The molecule has 6 rings (SSSR count). The highest BCUT2D eigenvalue weighted by molar-refractivity contribution is 5.97. The van der Waals surface area contributed by atoms with Crippen LogP contribution in [0, 0.1) is 0 Å². The third kappa shape index (κ3) is 14.3. The zero-order valence-corrected chi connectivity index (χ0v) is 33.5.